The third-order valence-electron chi connectivity index (χ3n) is 4.51. The molecule has 0 radical (unpaired) electrons. The summed E-state index contributed by atoms with van der Waals surface area (Å²) in [5.74, 6) is 0.778. The maximum Gasteiger partial charge on any atom is 0.408 e. The maximum absolute atomic E-state index is 12.0. The quantitative estimate of drug-likeness (QED) is 0.593. The van der Waals surface area contributed by atoms with Gasteiger partial charge in [-0.25, -0.2) is 4.79 Å². The minimum absolute atomic E-state index is 0.285. The van der Waals surface area contributed by atoms with Crippen molar-refractivity contribution in [3.8, 4) is 5.75 Å². The van der Waals surface area contributed by atoms with E-state index in [1.807, 2.05) is 62.5 Å². The highest BCUT2D eigenvalue weighted by atomic mass is 32.1. The van der Waals surface area contributed by atoms with E-state index in [0.717, 1.165) is 16.2 Å². The number of ether oxygens (including phenoxy) is 1. The second kappa shape index (κ2) is 9.91. The monoisotopic (exact) mass is 406 g/mol. The number of thiophene rings is 1. The van der Waals surface area contributed by atoms with Crippen LogP contribution < -0.4 is 10.1 Å². The summed E-state index contributed by atoms with van der Waals surface area (Å²) in [6, 6.07) is 11.1. The van der Waals surface area contributed by atoms with Crippen molar-refractivity contribution in [2.75, 3.05) is 13.7 Å². The van der Waals surface area contributed by atoms with Crippen LogP contribution in [0.15, 0.2) is 41.8 Å². The average molecular weight is 407 g/mol. The molecule has 6 nitrogen and oxygen atoms in total. The van der Waals surface area contributed by atoms with Crippen molar-refractivity contribution >= 4 is 17.4 Å². The summed E-state index contributed by atoms with van der Waals surface area (Å²) >= 11 is 1.57. The fraction of sp³-hybridized carbons (Fsp3) is 0.476. The minimum Gasteiger partial charge on any atom is -0.497 e. The zero-order chi connectivity index (χ0) is 20.7. The summed E-state index contributed by atoms with van der Waals surface area (Å²) in [4.78, 5) is 14.4. The second-order valence-electron chi connectivity index (χ2n) is 7.72. The van der Waals surface area contributed by atoms with Crippen LogP contribution in [0.25, 0.3) is 0 Å². The predicted molar refractivity (Wildman–Crippen MR) is 112 cm³/mol. The lowest BCUT2D eigenvalue weighted by Gasteiger charge is -2.41. The predicted octanol–water partition coefficient (Wildman–Crippen LogP) is 3.60. The number of amides is 1. The van der Waals surface area contributed by atoms with Crippen molar-refractivity contribution in [3.05, 3.63) is 52.2 Å². The minimum atomic E-state index is -1.03. The zero-order valence-electron chi connectivity index (χ0n) is 16.9. The molecule has 2 atom stereocenters. The SMILES string of the molecule is COc1cccc(CNC[C@@H](O)[C@H](Cc2cccs2)N(C(=O)O)C(C)(C)C)c1. The van der Waals surface area contributed by atoms with Gasteiger partial charge in [0.15, 0.2) is 0 Å². The second-order valence-corrected chi connectivity index (χ2v) is 8.76. The summed E-state index contributed by atoms with van der Waals surface area (Å²) in [7, 11) is 1.62. The smallest absolute Gasteiger partial charge is 0.408 e. The van der Waals surface area contributed by atoms with Gasteiger partial charge in [0.2, 0.25) is 0 Å². The Bertz CT molecular complexity index is 743. The summed E-state index contributed by atoms with van der Waals surface area (Å²) in [6.45, 7) is 6.38. The van der Waals surface area contributed by atoms with Crippen LogP contribution in [0.5, 0.6) is 5.75 Å². The van der Waals surface area contributed by atoms with E-state index in [0.29, 0.717) is 13.0 Å². The van der Waals surface area contributed by atoms with Crippen LogP contribution in [0, 0.1) is 0 Å². The van der Waals surface area contributed by atoms with Gasteiger partial charge in [-0.3, -0.25) is 4.90 Å². The number of carboxylic acid groups (broad SMARTS) is 1. The fourth-order valence-electron chi connectivity index (χ4n) is 3.24. The number of aliphatic hydroxyl groups excluding tert-OH is 1. The van der Waals surface area contributed by atoms with Gasteiger partial charge in [0.05, 0.1) is 19.3 Å². The molecule has 0 aliphatic heterocycles. The molecular formula is C21H30N2O4S. The molecule has 28 heavy (non-hydrogen) atoms. The molecule has 0 bridgehead atoms. The molecule has 0 fully saturated rings. The Morgan fingerprint density at radius 2 is 2.04 bits per heavy atom. The number of nitrogens with zero attached hydrogens (tertiary/aromatic N) is 1. The highest BCUT2D eigenvalue weighted by Gasteiger charge is 2.37. The Morgan fingerprint density at radius 3 is 2.61 bits per heavy atom. The number of aliphatic hydroxyl groups is 1. The molecule has 0 unspecified atom stereocenters. The van der Waals surface area contributed by atoms with E-state index in [4.69, 9.17) is 4.74 Å². The first-order chi connectivity index (χ1) is 13.2. The molecule has 0 aliphatic carbocycles. The van der Waals surface area contributed by atoms with Crippen LogP contribution in [0.1, 0.15) is 31.2 Å². The third-order valence-corrected chi connectivity index (χ3v) is 5.41. The largest absolute Gasteiger partial charge is 0.497 e. The molecule has 0 saturated carbocycles. The molecule has 0 saturated heterocycles. The third kappa shape index (κ3) is 6.22. The number of benzene rings is 1. The number of hydrogen-bond acceptors (Lipinski definition) is 5. The highest BCUT2D eigenvalue weighted by molar-refractivity contribution is 7.09. The van der Waals surface area contributed by atoms with Gasteiger partial charge < -0.3 is 20.3 Å². The molecule has 154 valence electrons. The van der Waals surface area contributed by atoms with E-state index in [1.165, 1.54) is 4.90 Å². The molecule has 0 aliphatic rings. The molecule has 1 aromatic heterocycles. The van der Waals surface area contributed by atoms with Crippen LogP contribution >= 0.6 is 11.3 Å². The van der Waals surface area contributed by atoms with E-state index in [-0.39, 0.29) is 6.54 Å². The number of hydrogen-bond donors (Lipinski definition) is 3. The number of methoxy groups -OCH3 is 1. The zero-order valence-corrected chi connectivity index (χ0v) is 17.7. The van der Waals surface area contributed by atoms with Crippen molar-refractivity contribution in [2.24, 2.45) is 0 Å². The van der Waals surface area contributed by atoms with Gasteiger partial charge in [-0.1, -0.05) is 18.2 Å². The first-order valence-electron chi connectivity index (χ1n) is 9.28. The summed E-state index contributed by atoms with van der Waals surface area (Å²) < 4.78 is 5.23. The topological polar surface area (TPSA) is 82.0 Å². The van der Waals surface area contributed by atoms with Gasteiger partial charge in [-0.15, -0.1) is 11.3 Å². The van der Waals surface area contributed by atoms with Crippen LogP contribution in [-0.2, 0) is 13.0 Å². The summed E-state index contributed by atoms with van der Waals surface area (Å²) in [6.07, 6.45) is -1.40. The van der Waals surface area contributed by atoms with Crippen LogP contribution in [-0.4, -0.2) is 52.5 Å². The van der Waals surface area contributed by atoms with Gasteiger partial charge in [-0.2, -0.15) is 0 Å². The van der Waals surface area contributed by atoms with Crippen molar-refractivity contribution in [1.82, 2.24) is 10.2 Å². The van der Waals surface area contributed by atoms with E-state index >= 15 is 0 Å². The first kappa shape index (κ1) is 22.2. The Morgan fingerprint density at radius 1 is 1.29 bits per heavy atom. The Labute approximate surface area is 170 Å². The van der Waals surface area contributed by atoms with E-state index in [9.17, 15) is 15.0 Å². The maximum atomic E-state index is 12.0. The van der Waals surface area contributed by atoms with E-state index < -0.39 is 23.8 Å². The molecule has 1 amide bonds. The fourth-order valence-corrected chi connectivity index (χ4v) is 4.00. The normalized spacial score (nSPS) is 13.8. The van der Waals surface area contributed by atoms with E-state index in [2.05, 4.69) is 5.32 Å². The standard InChI is InChI=1S/C21H30N2O4S/c1-21(2,3)23(20(25)26)18(12-17-9-6-10-28-17)19(24)14-22-13-15-7-5-8-16(11-15)27-4/h5-11,18-19,22,24H,12-14H2,1-4H3,(H,25,26)/t18-,19+/m0/s1. The Balaban J connectivity index is 2.09. The summed E-state index contributed by atoms with van der Waals surface area (Å²) in [5.41, 5.74) is 0.411. The van der Waals surface area contributed by atoms with Gasteiger partial charge in [0.1, 0.15) is 5.75 Å². The number of nitrogens with one attached hydrogen (secondary N) is 1. The van der Waals surface area contributed by atoms with Crippen molar-refractivity contribution in [3.63, 3.8) is 0 Å². The molecule has 1 heterocycles. The summed E-state index contributed by atoms with van der Waals surface area (Å²) in [5, 5.41) is 25.9. The van der Waals surface area contributed by atoms with Gasteiger partial charge >= 0.3 is 6.09 Å². The lowest BCUT2D eigenvalue weighted by atomic mass is 9.97. The van der Waals surface area contributed by atoms with Gasteiger partial charge in [0.25, 0.3) is 0 Å². The molecular weight excluding hydrogens is 376 g/mol. The van der Waals surface area contributed by atoms with Gasteiger partial charge in [0, 0.05) is 29.9 Å². The first-order valence-corrected chi connectivity index (χ1v) is 10.2. The van der Waals surface area contributed by atoms with E-state index in [1.54, 1.807) is 18.4 Å². The molecule has 1 aromatic carbocycles. The van der Waals surface area contributed by atoms with Crippen molar-refractivity contribution in [1.29, 1.82) is 0 Å². The lowest BCUT2D eigenvalue weighted by Crippen LogP contribution is -2.57. The highest BCUT2D eigenvalue weighted by Crippen LogP contribution is 2.24. The van der Waals surface area contributed by atoms with Crippen molar-refractivity contribution in [2.45, 2.75) is 51.4 Å². The lowest BCUT2D eigenvalue weighted by molar-refractivity contribution is 0.00800. The van der Waals surface area contributed by atoms with Crippen LogP contribution in [0.4, 0.5) is 4.79 Å². The molecule has 2 aromatic rings. The Hall–Kier alpha value is -2.09. The average Bonchev–Trinajstić information content (AvgIpc) is 3.13. The molecule has 7 heteroatoms. The number of carbonyl (C=O) groups is 1. The number of rotatable bonds is 9. The van der Waals surface area contributed by atoms with Crippen LogP contribution in [0.2, 0.25) is 0 Å². The molecule has 3 N–H and O–H groups in total. The Kier molecular flexibility index (Phi) is 7.86. The van der Waals surface area contributed by atoms with Gasteiger partial charge in [-0.05, 0) is 49.9 Å². The van der Waals surface area contributed by atoms with Crippen LogP contribution in [0.3, 0.4) is 0 Å². The van der Waals surface area contributed by atoms with Crippen molar-refractivity contribution < 1.29 is 19.7 Å². The molecule has 2 rings (SSSR count). The molecule has 0 spiro atoms.